The lowest BCUT2D eigenvalue weighted by Gasteiger charge is -2.05. The molecule has 0 aromatic rings. The highest BCUT2D eigenvalue weighted by Gasteiger charge is 1.96. The van der Waals surface area contributed by atoms with E-state index in [-0.39, 0.29) is 16.8 Å². The molecule has 2 heteroatoms. The van der Waals surface area contributed by atoms with Crippen molar-refractivity contribution in [1.82, 2.24) is 0 Å². The average Bonchev–Trinajstić information content (AvgIpc) is 2.46. The maximum absolute atomic E-state index is 2.00. The van der Waals surface area contributed by atoms with Crippen LogP contribution in [-0.2, 0) is 0 Å². The summed E-state index contributed by atoms with van der Waals surface area (Å²) in [6, 6.07) is 0. The highest BCUT2D eigenvalue weighted by atomic mass is 14.0. The molecule has 0 atom stereocenters. The molecule has 0 amide bonds. The van der Waals surface area contributed by atoms with Crippen molar-refractivity contribution in [3.05, 3.63) is 0 Å². The second-order valence-electron chi connectivity index (χ2n) is 7.07. The molecule has 5 fully saturated rings. The molecule has 5 aliphatic rings. The van der Waals surface area contributed by atoms with Crippen LogP contribution in [0.25, 0.3) is 0 Å². The third-order valence-corrected chi connectivity index (χ3v) is 5.00. The summed E-state index contributed by atoms with van der Waals surface area (Å²) in [4.78, 5) is 0. The summed E-state index contributed by atoms with van der Waals surface area (Å²) >= 11 is 0. The lowest BCUT2D eigenvalue weighted by molar-refractivity contribution is 0.504. The van der Waals surface area contributed by atoms with Crippen molar-refractivity contribution in [2.45, 2.75) is 184 Å². The zero-order chi connectivity index (χ0) is 22.1. The van der Waals surface area contributed by atoms with Crippen molar-refractivity contribution in [3.63, 3.8) is 0 Å². The van der Waals surface area contributed by atoms with Crippen molar-refractivity contribution < 1.29 is 0 Å². The van der Waals surface area contributed by atoms with Gasteiger partial charge in [-0.15, -0.1) is 0 Å². The van der Waals surface area contributed by atoms with E-state index in [0.29, 0.717) is 0 Å². The van der Waals surface area contributed by atoms with E-state index in [2.05, 4.69) is 0 Å². The molecule has 0 spiro atoms. The molecule has 0 heterocycles. The van der Waals surface area contributed by atoms with Crippen molar-refractivity contribution >= 4 is 16.8 Å². The molecule has 5 rings (SSSR count). The van der Waals surface area contributed by atoms with Crippen LogP contribution in [0.5, 0.6) is 0 Å². The number of hydrogen-bond acceptors (Lipinski definition) is 0. The minimum absolute atomic E-state index is 0. The predicted molar refractivity (Wildman–Crippen MR) is 149 cm³/mol. The van der Waals surface area contributed by atoms with Crippen LogP contribution in [0.1, 0.15) is 184 Å². The van der Waals surface area contributed by atoms with Crippen molar-refractivity contribution in [2.75, 3.05) is 0 Å². The fraction of sp³-hybridized carbons (Fsp3) is 1.00. The quantitative estimate of drug-likeness (QED) is 0.341. The van der Waals surface area contributed by atoms with Crippen LogP contribution in [0.15, 0.2) is 0 Å². The van der Waals surface area contributed by atoms with Gasteiger partial charge in [-0.2, -0.15) is 0 Å². The van der Waals surface area contributed by atoms with Crippen LogP contribution in [0.3, 0.4) is 0 Å². The summed E-state index contributed by atoms with van der Waals surface area (Å²) in [5, 5.41) is 0. The first kappa shape index (κ1) is 43.9. The Labute approximate surface area is 200 Å². The summed E-state index contributed by atoms with van der Waals surface area (Å²) in [6.45, 7) is 16.0. The number of rotatable bonds is 0. The minimum Gasteiger partial charge on any atom is -0.0683 e. The Kier molecular flexibility index (Phi) is 83.3. The van der Waals surface area contributed by atoms with E-state index in [1.807, 2.05) is 55.4 Å². The van der Waals surface area contributed by atoms with Gasteiger partial charge < -0.3 is 0 Å². The van der Waals surface area contributed by atoms with Gasteiger partial charge in [0.15, 0.2) is 0 Å². The van der Waals surface area contributed by atoms with Crippen molar-refractivity contribution in [3.8, 4) is 0 Å². The van der Waals surface area contributed by atoms with Crippen LogP contribution in [0, 0.1) is 0 Å². The first-order valence-electron chi connectivity index (χ1n) is 14.0. The van der Waals surface area contributed by atoms with Gasteiger partial charge in [-0.05, 0) is 0 Å². The second kappa shape index (κ2) is 56.9. The van der Waals surface area contributed by atoms with Gasteiger partial charge in [0.2, 0.25) is 0 Å². The van der Waals surface area contributed by atoms with Gasteiger partial charge in [-0.3, -0.25) is 0 Å². The maximum Gasteiger partial charge on any atom is 0 e. The topological polar surface area (TPSA) is 0 Å². The molecule has 0 unspecified atom stereocenters. The Bertz CT molecular complexity index is 97.0. The van der Waals surface area contributed by atoms with E-state index in [4.69, 9.17) is 0 Å². The highest BCUT2D eigenvalue weighted by Crippen LogP contribution is 2.16. The number of hydrogen-bond donors (Lipinski definition) is 0. The van der Waals surface area contributed by atoms with Gasteiger partial charge >= 0.3 is 0 Å². The predicted octanol–water partition coefficient (Wildman–Crippen LogP) is 11.1. The molecule has 0 aliphatic heterocycles. The van der Waals surface area contributed by atoms with E-state index in [0.717, 1.165) is 0 Å². The van der Waals surface area contributed by atoms with E-state index in [1.54, 1.807) is 0 Å². The Morgan fingerprint density at radius 3 is 0.200 bits per heavy atom. The Hall–Kier alpha value is 0.130. The van der Waals surface area contributed by atoms with Gasteiger partial charge in [-0.1, -0.05) is 184 Å². The first-order chi connectivity index (χ1) is 14.0. The molecule has 0 aromatic carbocycles. The Morgan fingerprint density at radius 1 is 0.167 bits per heavy atom. The molecule has 6 radical (unpaired) electrons. The third kappa shape index (κ3) is 51.1. The second-order valence-corrected chi connectivity index (χ2v) is 7.07. The lowest BCUT2D eigenvalue weighted by Crippen LogP contribution is -1.85. The van der Waals surface area contributed by atoms with Gasteiger partial charge in [0, 0.05) is 16.8 Å². The van der Waals surface area contributed by atoms with Crippen LogP contribution < -0.4 is 0 Å². The molecule has 30 heavy (non-hydrogen) atoms. The standard InChI is InChI=1S/5C4H8.4C2H6.2B/c5*1-2-4-3-1;4*1-2;;/h5*1-4H2;4*1-2H3;;. The Morgan fingerprint density at radius 2 is 0.200 bits per heavy atom. The molecule has 0 N–H and O–H groups in total. The van der Waals surface area contributed by atoms with E-state index in [1.165, 1.54) is 128 Å². The van der Waals surface area contributed by atoms with Crippen molar-refractivity contribution in [1.29, 1.82) is 0 Å². The van der Waals surface area contributed by atoms with Gasteiger partial charge in [0.05, 0.1) is 0 Å². The summed E-state index contributed by atoms with van der Waals surface area (Å²) in [5.74, 6) is 0. The van der Waals surface area contributed by atoms with Gasteiger partial charge in [0.25, 0.3) is 0 Å². The molecule has 5 saturated carbocycles. The van der Waals surface area contributed by atoms with Crippen LogP contribution in [0.4, 0.5) is 0 Å². The van der Waals surface area contributed by atoms with Crippen molar-refractivity contribution in [2.24, 2.45) is 0 Å². The van der Waals surface area contributed by atoms with Gasteiger partial charge in [-0.25, -0.2) is 0 Å². The first-order valence-corrected chi connectivity index (χ1v) is 14.0. The van der Waals surface area contributed by atoms with Crippen LogP contribution >= 0.6 is 0 Å². The third-order valence-electron chi connectivity index (χ3n) is 5.00. The lowest BCUT2D eigenvalue weighted by atomic mass is 10.0. The fourth-order valence-corrected chi connectivity index (χ4v) is 1.25. The molecular formula is C28H64B2. The zero-order valence-corrected chi connectivity index (χ0v) is 23.3. The molecule has 182 valence electrons. The van der Waals surface area contributed by atoms with E-state index in [9.17, 15) is 0 Å². The SMILES string of the molecule is C1CCC1.C1CCC1.C1CCC1.C1CCC1.C1CCC1.CC.CC.CC.CC.[B].[B]. The molecule has 0 saturated heterocycles. The summed E-state index contributed by atoms with van der Waals surface area (Å²) in [5.41, 5.74) is 0. The maximum atomic E-state index is 2.00. The summed E-state index contributed by atoms with van der Waals surface area (Å²) in [6.07, 6.45) is 30.0. The van der Waals surface area contributed by atoms with E-state index < -0.39 is 0 Å². The zero-order valence-electron chi connectivity index (χ0n) is 23.3. The molecule has 5 aliphatic carbocycles. The smallest absolute Gasteiger partial charge is 0 e. The van der Waals surface area contributed by atoms with Crippen LogP contribution in [0.2, 0.25) is 0 Å². The highest BCUT2D eigenvalue weighted by molar-refractivity contribution is 5.76. The molecule has 0 bridgehead atoms. The fourth-order valence-electron chi connectivity index (χ4n) is 1.25. The van der Waals surface area contributed by atoms with Gasteiger partial charge in [0.1, 0.15) is 0 Å². The minimum atomic E-state index is 0. The average molecular weight is 422 g/mol. The van der Waals surface area contributed by atoms with Crippen LogP contribution in [-0.4, -0.2) is 16.8 Å². The monoisotopic (exact) mass is 423 g/mol. The Balaban J connectivity index is -0.0000000547. The van der Waals surface area contributed by atoms with E-state index >= 15 is 0 Å². The normalized spacial score (nSPS) is 16.8. The molecule has 0 nitrogen and oxygen atoms in total. The molecule has 0 aromatic heterocycles. The molecular weight excluding hydrogens is 358 g/mol. The summed E-state index contributed by atoms with van der Waals surface area (Å²) in [7, 11) is 0. The largest absolute Gasteiger partial charge is 0.0683 e. The summed E-state index contributed by atoms with van der Waals surface area (Å²) < 4.78 is 0.